The molecule has 3 rings (SSSR count). The molecule has 2 N–H and O–H groups in total. The third-order valence-corrected chi connectivity index (χ3v) is 3.63. The number of hydrogen-bond donors (Lipinski definition) is 1. The molecular formula is C14H19N3O2. The van der Waals surface area contributed by atoms with Gasteiger partial charge < -0.3 is 14.9 Å². The van der Waals surface area contributed by atoms with Gasteiger partial charge in [-0.15, -0.1) is 0 Å². The maximum Gasteiger partial charge on any atom is 0.209 e. The molecule has 2 aromatic rings. The quantitative estimate of drug-likeness (QED) is 0.851. The summed E-state index contributed by atoms with van der Waals surface area (Å²) in [7, 11) is 1.76. The van der Waals surface area contributed by atoms with Crippen molar-refractivity contribution in [3.63, 3.8) is 0 Å². The highest BCUT2D eigenvalue weighted by atomic mass is 16.5. The molecule has 0 radical (unpaired) electrons. The monoisotopic (exact) mass is 261 g/mol. The number of anilines is 1. The molecule has 102 valence electrons. The zero-order valence-electron chi connectivity index (χ0n) is 11.1. The van der Waals surface area contributed by atoms with Gasteiger partial charge in [0.05, 0.1) is 18.8 Å². The normalized spacial score (nSPS) is 20.4. The molecule has 0 spiro atoms. The highest BCUT2D eigenvalue weighted by Crippen LogP contribution is 2.24. The number of nitrogens with two attached hydrogens (primary N) is 1. The number of oxazole rings is 1. The summed E-state index contributed by atoms with van der Waals surface area (Å²) in [4.78, 5) is 6.83. The number of nitrogen functional groups attached to an aromatic ring is 1. The number of ether oxygens (including phenoxy) is 1. The Morgan fingerprint density at radius 2 is 2.42 bits per heavy atom. The predicted molar refractivity (Wildman–Crippen MR) is 73.7 cm³/mol. The summed E-state index contributed by atoms with van der Waals surface area (Å²) in [5, 5.41) is 0. The number of benzene rings is 1. The lowest BCUT2D eigenvalue weighted by Crippen LogP contribution is -2.21. The summed E-state index contributed by atoms with van der Waals surface area (Å²) < 4.78 is 10.9. The first-order valence-corrected chi connectivity index (χ1v) is 6.61. The molecule has 0 bridgehead atoms. The van der Waals surface area contributed by atoms with E-state index in [1.807, 2.05) is 18.2 Å². The third-order valence-electron chi connectivity index (χ3n) is 3.63. The van der Waals surface area contributed by atoms with Gasteiger partial charge >= 0.3 is 0 Å². The topological polar surface area (TPSA) is 64.5 Å². The Hall–Kier alpha value is -1.59. The van der Waals surface area contributed by atoms with Gasteiger partial charge in [0.1, 0.15) is 5.52 Å². The van der Waals surface area contributed by atoms with E-state index in [0.29, 0.717) is 11.6 Å². The number of rotatable bonds is 4. The molecule has 2 heterocycles. The molecule has 1 fully saturated rings. The van der Waals surface area contributed by atoms with E-state index in [4.69, 9.17) is 14.9 Å². The molecule has 1 aliphatic heterocycles. The minimum Gasteiger partial charge on any atom is -0.439 e. The van der Waals surface area contributed by atoms with E-state index >= 15 is 0 Å². The fourth-order valence-electron chi connectivity index (χ4n) is 2.70. The van der Waals surface area contributed by atoms with E-state index in [-0.39, 0.29) is 0 Å². The number of methoxy groups -OCH3 is 1. The Bertz CT molecular complexity index is 567. The number of hydrogen-bond acceptors (Lipinski definition) is 5. The van der Waals surface area contributed by atoms with Crippen LogP contribution in [-0.4, -0.2) is 36.7 Å². The van der Waals surface area contributed by atoms with Crippen LogP contribution in [0.15, 0.2) is 22.6 Å². The van der Waals surface area contributed by atoms with Crippen molar-refractivity contribution in [2.75, 3.05) is 32.5 Å². The molecular weight excluding hydrogens is 242 g/mol. The van der Waals surface area contributed by atoms with Crippen molar-refractivity contribution in [3.05, 3.63) is 24.1 Å². The standard InChI is InChI=1S/C14H19N3O2/c1-18-9-10-5-6-17(7-10)8-13-16-14-11(15)3-2-4-12(14)19-13/h2-4,10H,5-9,15H2,1H3. The summed E-state index contributed by atoms with van der Waals surface area (Å²) in [6.45, 7) is 3.69. The van der Waals surface area contributed by atoms with Gasteiger partial charge in [0, 0.05) is 13.7 Å². The molecule has 1 aromatic heterocycles. The largest absolute Gasteiger partial charge is 0.439 e. The van der Waals surface area contributed by atoms with E-state index < -0.39 is 0 Å². The highest BCUT2D eigenvalue weighted by Gasteiger charge is 2.23. The minimum absolute atomic E-state index is 0.624. The van der Waals surface area contributed by atoms with Gasteiger partial charge in [-0.1, -0.05) is 6.07 Å². The SMILES string of the molecule is COCC1CCN(Cc2nc3c(N)cccc3o2)C1. The van der Waals surface area contributed by atoms with Crippen LogP contribution in [0.5, 0.6) is 0 Å². The van der Waals surface area contributed by atoms with Crippen LogP contribution in [0.3, 0.4) is 0 Å². The first-order chi connectivity index (χ1) is 9.26. The lowest BCUT2D eigenvalue weighted by molar-refractivity contribution is 0.151. The molecule has 19 heavy (non-hydrogen) atoms. The molecule has 5 nitrogen and oxygen atoms in total. The van der Waals surface area contributed by atoms with Crippen molar-refractivity contribution >= 4 is 16.8 Å². The van der Waals surface area contributed by atoms with Crippen molar-refractivity contribution < 1.29 is 9.15 Å². The first kappa shape index (κ1) is 12.4. The first-order valence-electron chi connectivity index (χ1n) is 6.61. The summed E-state index contributed by atoms with van der Waals surface area (Å²) in [5.74, 6) is 1.37. The van der Waals surface area contributed by atoms with Gasteiger partial charge in [-0.25, -0.2) is 4.98 Å². The Balaban J connectivity index is 1.70. The number of para-hydroxylation sites is 1. The maximum absolute atomic E-state index is 5.89. The van der Waals surface area contributed by atoms with Gasteiger partial charge in [0.25, 0.3) is 0 Å². The van der Waals surface area contributed by atoms with Crippen molar-refractivity contribution in [1.29, 1.82) is 0 Å². The van der Waals surface area contributed by atoms with Crippen LogP contribution < -0.4 is 5.73 Å². The van der Waals surface area contributed by atoms with Crippen LogP contribution in [0.2, 0.25) is 0 Å². The second-order valence-electron chi connectivity index (χ2n) is 5.15. The van der Waals surface area contributed by atoms with E-state index in [1.165, 1.54) is 6.42 Å². The van der Waals surface area contributed by atoms with Crippen molar-refractivity contribution in [3.8, 4) is 0 Å². The average Bonchev–Trinajstić information content (AvgIpc) is 2.98. The lowest BCUT2D eigenvalue weighted by Gasteiger charge is -2.13. The van der Waals surface area contributed by atoms with Crippen LogP contribution in [-0.2, 0) is 11.3 Å². The van der Waals surface area contributed by atoms with Crippen molar-refractivity contribution in [1.82, 2.24) is 9.88 Å². The summed E-state index contributed by atoms with van der Waals surface area (Å²) in [5.41, 5.74) is 8.09. The molecule has 1 saturated heterocycles. The highest BCUT2D eigenvalue weighted by molar-refractivity contribution is 5.85. The van der Waals surface area contributed by atoms with Crippen molar-refractivity contribution in [2.24, 2.45) is 5.92 Å². The van der Waals surface area contributed by atoms with Gasteiger partial charge in [-0.05, 0) is 31.0 Å². The second kappa shape index (κ2) is 5.19. The lowest BCUT2D eigenvalue weighted by atomic mass is 10.1. The molecule has 1 atom stereocenters. The zero-order chi connectivity index (χ0) is 13.2. The smallest absolute Gasteiger partial charge is 0.209 e. The minimum atomic E-state index is 0.624. The van der Waals surface area contributed by atoms with Crippen LogP contribution in [0.4, 0.5) is 5.69 Å². The predicted octanol–water partition coefficient (Wildman–Crippen LogP) is 1.88. The summed E-state index contributed by atoms with van der Waals surface area (Å²) in [6, 6.07) is 5.64. The van der Waals surface area contributed by atoms with E-state index in [9.17, 15) is 0 Å². The summed E-state index contributed by atoms with van der Waals surface area (Å²) in [6.07, 6.45) is 1.18. The fraction of sp³-hybridized carbons (Fsp3) is 0.500. The number of likely N-dealkylation sites (tertiary alicyclic amines) is 1. The Morgan fingerprint density at radius 3 is 3.21 bits per heavy atom. The molecule has 0 amide bonds. The second-order valence-corrected chi connectivity index (χ2v) is 5.15. The van der Waals surface area contributed by atoms with Crippen LogP contribution in [0.25, 0.3) is 11.1 Å². The van der Waals surface area contributed by atoms with Crippen LogP contribution in [0, 0.1) is 5.92 Å². The third kappa shape index (κ3) is 2.57. The summed E-state index contributed by atoms with van der Waals surface area (Å²) >= 11 is 0. The van der Waals surface area contributed by atoms with Crippen molar-refractivity contribution in [2.45, 2.75) is 13.0 Å². The average molecular weight is 261 g/mol. The molecule has 1 aromatic carbocycles. The van der Waals surface area contributed by atoms with E-state index in [1.54, 1.807) is 7.11 Å². The van der Waals surface area contributed by atoms with Gasteiger partial charge in [-0.2, -0.15) is 0 Å². The Morgan fingerprint density at radius 1 is 1.53 bits per heavy atom. The molecule has 5 heteroatoms. The number of aromatic nitrogens is 1. The van der Waals surface area contributed by atoms with Gasteiger partial charge in [0.2, 0.25) is 5.89 Å². The van der Waals surface area contributed by atoms with E-state index in [0.717, 1.165) is 43.2 Å². The van der Waals surface area contributed by atoms with Crippen LogP contribution in [0.1, 0.15) is 12.3 Å². The van der Waals surface area contributed by atoms with E-state index in [2.05, 4.69) is 9.88 Å². The number of nitrogens with zero attached hydrogens (tertiary/aromatic N) is 2. The Labute approximate surface area is 112 Å². The molecule has 0 saturated carbocycles. The zero-order valence-corrected chi connectivity index (χ0v) is 11.1. The van der Waals surface area contributed by atoms with Gasteiger partial charge in [0.15, 0.2) is 5.58 Å². The maximum atomic E-state index is 5.89. The Kier molecular flexibility index (Phi) is 3.40. The molecule has 0 aliphatic carbocycles. The fourth-order valence-corrected chi connectivity index (χ4v) is 2.70. The number of fused-ring (bicyclic) bond motifs is 1. The molecule has 1 unspecified atom stereocenters. The van der Waals surface area contributed by atoms with Crippen LogP contribution >= 0.6 is 0 Å². The molecule has 1 aliphatic rings. The van der Waals surface area contributed by atoms with Gasteiger partial charge in [-0.3, -0.25) is 4.90 Å².